The maximum atomic E-state index is 10.6. The Bertz CT molecular complexity index is 752. The van der Waals surface area contributed by atoms with Crippen molar-refractivity contribution in [2.75, 3.05) is 5.75 Å². The van der Waals surface area contributed by atoms with Crippen molar-refractivity contribution in [1.29, 1.82) is 0 Å². The van der Waals surface area contributed by atoms with Crippen LogP contribution in [-0.2, 0) is 4.79 Å². The Kier molecular flexibility index (Phi) is 4.03. The fourth-order valence-corrected chi connectivity index (χ4v) is 3.31. The summed E-state index contributed by atoms with van der Waals surface area (Å²) in [5, 5.41) is 14.9. The van der Waals surface area contributed by atoms with Gasteiger partial charge in [0.15, 0.2) is 4.34 Å². The molecule has 1 aromatic carbocycles. The zero-order chi connectivity index (χ0) is 14.7. The summed E-state index contributed by atoms with van der Waals surface area (Å²) < 4.78 is 2.54. The number of hydrogen-bond donors (Lipinski definition) is 1. The second-order valence-electron chi connectivity index (χ2n) is 4.19. The lowest BCUT2D eigenvalue weighted by molar-refractivity contribution is -0.133. The number of nitrogens with zero attached hydrogens (tertiary/aromatic N) is 3. The fourth-order valence-electron chi connectivity index (χ4n) is 1.76. The van der Waals surface area contributed by atoms with Crippen LogP contribution in [0.15, 0.2) is 52.4 Å². The van der Waals surface area contributed by atoms with Gasteiger partial charge in [0.2, 0.25) is 0 Å². The van der Waals surface area contributed by atoms with E-state index in [0.29, 0.717) is 0 Å². The van der Waals surface area contributed by atoms with Gasteiger partial charge in [0, 0.05) is 17.1 Å². The first kappa shape index (κ1) is 13.8. The molecule has 0 spiro atoms. The van der Waals surface area contributed by atoms with Crippen LogP contribution in [0.1, 0.15) is 0 Å². The summed E-state index contributed by atoms with van der Waals surface area (Å²) in [7, 11) is 0. The van der Waals surface area contributed by atoms with Gasteiger partial charge in [0.05, 0.1) is 23.3 Å². The molecule has 0 amide bonds. The Morgan fingerprint density at radius 2 is 2.14 bits per heavy atom. The zero-order valence-electron chi connectivity index (χ0n) is 10.8. The second kappa shape index (κ2) is 6.11. The molecule has 0 bridgehead atoms. The lowest BCUT2D eigenvalue weighted by atomic mass is 10.3. The number of thiazole rings is 1. The minimum absolute atomic E-state index is 0.0240. The Morgan fingerprint density at radius 1 is 1.33 bits per heavy atom. The molecule has 0 unspecified atom stereocenters. The summed E-state index contributed by atoms with van der Waals surface area (Å²) in [6.07, 6.45) is 3.67. The maximum Gasteiger partial charge on any atom is 0.313 e. The first-order valence-corrected chi connectivity index (χ1v) is 7.99. The number of thioether (sulfide) groups is 1. The van der Waals surface area contributed by atoms with Gasteiger partial charge in [-0.2, -0.15) is 5.10 Å². The van der Waals surface area contributed by atoms with Gasteiger partial charge in [-0.15, -0.1) is 11.3 Å². The molecule has 2 heterocycles. The number of para-hydroxylation sites is 1. The third-order valence-electron chi connectivity index (χ3n) is 2.70. The topological polar surface area (TPSA) is 68.0 Å². The Labute approximate surface area is 129 Å². The Hall–Kier alpha value is -2.12. The van der Waals surface area contributed by atoms with Crippen LogP contribution in [0.5, 0.6) is 0 Å². The summed E-state index contributed by atoms with van der Waals surface area (Å²) >= 11 is 2.67. The predicted molar refractivity (Wildman–Crippen MR) is 83.0 cm³/mol. The van der Waals surface area contributed by atoms with Crippen LogP contribution in [0, 0.1) is 0 Å². The largest absolute Gasteiger partial charge is 0.481 e. The van der Waals surface area contributed by atoms with E-state index in [1.165, 1.54) is 23.1 Å². The van der Waals surface area contributed by atoms with Crippen LogP contribution >= 0.6 is 23.1 Å². The molecule has 106 valence electrons. The average molecular weight is 317 g/mol. The normalized spacial score (nSPS) is 10.7. The van der Waals surface area contributed by atoms with Crippen LogP contribution in [-0.4, -0.2) is 31.6 Å². The monoisotopic (exact) mass is 317 g/mol. The third-order valence-corrected chi connectivity index (χ3v) is 4.71. The second-order valence-corrected chi connectivity index (χ2v) is 6.27. The number of carboxylic acids is 1. The lowest BCUT2D eigenvalue weighted by Crippen LogP contribution is -1.96. The van der Waals surface area contributed by atoms with Gasteiger partial charge in [-0.3, -0.25) is 4.79 Å². The number of carboxylic acid groups (broad SMARTS) is 1. The highest BCUT2D eigenvalue weighted by Crippen LogP contribution is 2.28. The van der Waals surface area contributed by atoms with Gasteiger partial charge in [0.25, 0.3) is 0 Å². The molecule has 0 radical (unpaired) electrons. The molecule has 3 aromatic rings. The van der Waals surface area contributed by atoms with E-state index in [9.17, 15) is 4.79 Å². The highest BCUT2D eigenvalue weighted by atomic mass is 32.2. The van der Waals surface area contributed by atoms with Crippen molar-refractivity contribution < 1.29 is 9.90 Å². The van der Waals surface area contributed by atoms with Gasteiger partial charge in [-0.1, -0.05) is 30.0 Å². The molecule has 3 rings (SSSR count). The quantitative estimate of drug-likeness (QED) is 0.732. The van der Waals surface area contributed by atoms with Gasteiger partial charge in [-0.25, -0.2) is 9.67 Å². The molecule has 7 heteroatoms. The van der Waals surface area contributed by atoms with Crippen molar-refractivity contribution in [2.24, 2.45) is 0 Å². The van der Waals surface area contributed by atoms with E-state index >= 15 is 0 Å². The molecule has 5 nitrogen and oxygen atoms in total. The van der Waals surface area contributed by atoms with E-state index in [0.717, 1.165) is 21.3 Å². The smallest absolute Gasteiger partial charge is 0.313 e. The summed E-state index contributed by atoms with van der Waals surface area (Å²) in [4.78, 5) is 15.0. The van der Waals surface area contributed by atoms with Crippen LogP contribution in [0.4, 0.5) is 0 Å². The number of rotatable bonds is 5. The lowest BCUT2D eigenvalue weighted by Gasteiger charge is -1.98. The summed E-state index contributed by atoms with van der Waals surface area (Å²) in [6.45, 7) is 0. The number of carbonyl (C=O) groups is 1. The molecule has 0 atom stereocenters. The highest BCUT2D eigenvalue weighted by molar-refractivity contribution is 8.01. The predicted octanol–water partition coefficient (Wildman–Crippen LogP) is 3.17. The van der Waals surface area contributed by atoms with Crippen molar-refractivity contribution in [3.8, 4) is 16.9 Å². The van der Waals surface area contributed by atoms with E-state index in [4.69, 9.17) is 5.11 Å². The van der Waals surface area contributed by atoms with Gasteiger partial charge < -0.3 is 5.11 Å². The minimum Gasteiger partial charge on any atom is -0.481 e. The molecule has 0 aliphatic rings. The molecule has 0 aliphatic heterocycles. The number of hydrogen-bond acceptors (Lipinski definition) is 5. The van der Waals surface area contributed by atoms with Gasteiger partial charge in [-0.05, 0) is 12.1 Å². The van der Waals surface area contributed by atoms with E-state index in [-0.39, 0.29) is 5.75 Å². The molecule has 21 heavy (non-hydrogen) atoms. The summed E-state index contributed by atoms with van der Waals surface area (Å²) in [5.41, 5.74) is 2.71. The Morgan fingerprint density at radius 3 is 2.90 bits per heavy atom. The first-order chi connectivity index (χ1) is 10.2. The number of benzene rings is 1. The molecular weight excluding hydrogens is 306 g/mol. The molecule has 1 N–H and O–H groups in total. The van der Waals surface area contributed by atoms with E-state index in [1.807, 2.05) is 41.9 Å². The average Bonchev–Trinajstić information content (AvgIpc) is 3.15. The fraction of sp³-hybridized carbons (Fsp3) is 0.0714. The van der Waals surface area contributed by atoms with E-state index in [1.54, 1.807) is 10.9 Å². The maximum absolute atomic E-state index is 10.6. The molecule has 0 aliphatic carbocycles. The number of aromatic nitrogens is 3. The molecule has 0 saturated carbocycles. The van der Waals surface area contributed by atoms with Crippen molar-refractivity contribution >= 4 is 29.1 Å². The molecule has 0 saturated heterocycles. The SMILES string of the molecule is O=C(O)CSc1nc(-c2cnn(-c3ccccc3)c2)cs1. The van der Waals surface area contributed by atoms with Crippen LogP contribution in [0.2, 0.25) is 0 Å². The van der Waals surface area contributed by atoms with Crippen molar-refractivity contribution in [3.63, 3.8) is 0 Å². The van der Waals surface area contributed by atoms with Crippen molar-refractivity contribution in [2.45, 2.75) is 4.34 Å². The minimum atomic E-state index is -0.839. The molecule has 0 fully saturated rings. The standard InChI is InChI=1S/C14H11N3O2S2/c18-13(19)9-21-14-16-12(8-20-14)10-6-15-17(7-10)11-4-2-1-3-5-11/h1-8H,9H2,(H,18,19). The highest BCUT2D eigenvalue weighted by Gasteiger charge is 2.09. The van der Waals surface area contributed by atoms with Crippen molar-refractivity contribution in [1.82, 2.24) is 14.8 Å². The molecular formula is C14H11N3O2S2. The van der Waals surface area contributed by atoms with Crippen LogP contribution in [0.25, 0.3) is 16.9 Å². The van der Waals surface area contributed by atoms with E-state index < -0.39 is 5.97 Å². The third kappa shape index (κ3) is 3.32. The van der Waals surface area contributed by atoms with Crippen LogP contribution in [0.3, 0.4) is 0 Å². The zero-order valence-corrected chi connectivity index (χ0v) is 12.5. The molecule has 2 aromatic heterocycles. The van der Waals surface area contributed by atoms with E-state index in [2.05, 4.69) is 10.1 Å². The first-order valence-electron chi connectivity index (χ1n) is 6.13. The summed E-state index contributed by atoms with van der Waals surface area (Å²) in [5.74, 6) is -0.815. The summed E-state index contributed by atoms with van der Waals surface area (Å²) in [6, 6.07) is 9.83. The van der Waals surface area contributed by atoms with Crippen LogP contribution < -0.4 is 0 Å². The number of aliphatic carboxylic acids is 1. The van der Waals surface area contributed by atoms with Gasteiger partial charge in [0.1, 0.15) is 0 Å². The Balaban J connectivity index is 1.79. The van der Waals surface area contributed by atoms with Gasteiger partial charge >= 0.3 is 5.97 Å². The van der Waals surface area contributed by atoms with Crippen molar-refractivity contribution in [3.05, 3.63) is 48.1 Å².